The van der Waals surface area contributed by atoms with Crippen LogP contribution in [0.4, 0.5) is 0 Å². The number of nitrogens with zero attached hydrogens (tertiary/aromatic N) is 1. The molecule has 0 bridgehead atoms. The highest BCUT2D eigenvalue weighted by atomic mass is 16.5. The van der Waals surface area contributed by atoms with Gasteiger partial charge in [0.2, 0.25) is 5.76 Å². The number of rotatable bonds is 5. The maximum atomic E-state index is 13.3. The van der Waals surface area contributed by atoms with E-state index >= 15 is 0 Å². The molecule has 0 spiro atoms. The van der Waals surface area contributed by atoms with Crippen LogP contribution in [0.1, 0.15) is 27.7 Å². The largest absolute Gasteiger partial charge is 0.497 e. The summed E-state index contributed by atoms with van der Waals surface area (Å²) in [6.45, 7) is 1.27. The van der Waals surface area contributed by atoms with E-state index in [0.717, 1.165) is 12.1 Å². The van der Waals surface area contributed by atoms with E-state index in [1.807, 2.05) is 38.4 Å². The smallest absolute Gasteiger partial charge is 0.291 e. The van der Waals surface area contributed by atoms with Crippen LogP contribution in [0.5, 0.6) is 5.75 Å². The standard InChI is InChI=1S/C22H22N2O4/c1-23(2)11-12-24-19(14-7-6-8-15(13-14)27-3)18-20(25)16-9-4-5-10-17(16)28-21(18)22(24)26/h4-10,13,19H,11-12H2,1-3H3/p+1/t19-/m1/s1. The van der Waals surface area contributed by atoms with E-state index in [1.54, 1.807) is 36.3 Å². The third kappa shape index (κ3) is 2.96. The number of likely N-dealkylation sites (N-methyl/N-ethyl adjacent to an activating group) is 1. The molecule has 1 aromatic heterocycles. The Labute approximate surface area is 162 Å². The lowest BCUT2D eigenvalue weighted by Gasteiger charge is -2.25. The van der Waals surface area contributed by atoms with Crippen molar-refractivity contribution in [2.24, 2.45) is 0 Å². The summed E-state index contributed by atoms with van der Waals surface area (Å²) in [6, 6.07) is 14.1. The number of methoxy groups -OCH3 is 1. The van der Waals surface area contributed by atoms with Gasteiger partial charge < -0.3 is 19.0 Å². The van der Waals surface area contributed by atoms with Crippen molar-refractivity contribution in [3.8, 4) is 5.75 Å². The number of fused-ring (bicyclic) bond motifs is 2. The maximum absolute atomic E-state index is 13.3. The fourth-order valence-electron chi connectivity index (χ4n) is 3.70. The van der Waals surface area contributed by atoms with Crippen LogP contribution in [0.15, 0.2) is 57.7 Å². The number of nitrogens with one attached hydrogen (secondary N) is 1. The molecule has 1 aliphatic heterocycles. The Bertz CT molecular complexity index is 1100. The van der Waals surface area contributed by atoms with Crippen LogP contribution in [0.25, 0.3) is 11.0 Å². The summed E-state index contributed by atoms with van der Waals surface area (Å²) in [5, 5.41) is 0.488. The van der Waals surface area contributed by atoms with Crippen LogP contribution < -0.4 is 15.1 Å². The van der Waals surface area contributed by atoms with Gasteiger partial charge in [0.25, 0.3) is 5.91 Å². The summed E-state index contributed by atoms with van der Waals surface area (Å²) in [5.41, 5.74) is 1.52. The van der Waals surface area contributed by atoms with E-state index in [-0.39, 0.29) is 17.1 Å². The second kappa shape index (κ2) is 7.13. The van der Waals surface area contributed by atoms with Gasteiger partial charge >= 0.3 is 0 Å². The van der Waals surface area contributed by atoms with Gasteiger partial charge in [-0.3, -0.25) is 9.59 Å². The van der Waals surface area contributed by atoms with E-state index in [1.165, 1.54) is 4.90 Å². The minimum Gasteiger partial charge on any atom is -0.497 e. The first-order valence-electron chi connectivity index (χ1n) is 9.31. The van der Waals surface area contributed by atoms with Gasteiger partial charge in [-0.2, -0.15) is 0 Å². The van der Waals surface area contributed by atoms with Crippen molar-refractivity contribution in [2.75, 3.05) is 34.3 Å². The summed E-state index contributed by atoms with van der Waals surface area (Å²) < 4.78 is 11.3. The molecule has 0 radical (unpaired) electrons. The van der Waals surface area contributed by atoms with Gasteiger partial charge in [0, 0.05) is 0 Å². The topological polar surface area (TPSA) is 64.2 Å². The zero-order valence-electron chi connectivity index (χ0n) is 16.2. The first-order chi connectivity index (χ1) is 13.5. The Morgan fingerprint density at radius 2 is 1.89 bits per heavy atom. The first-order valence-corrected chi connectivity index (χ1v) is 9.31. The molecule has 0 unspecified atom stereocenters. The predicted molar refractivity (Wildman–Crippen MR) is 106 cm³/mol. The second-order valence-corrected chi connectivity index (χ2v) is 7.30. The molecule has 1 N–H and O–H groups in total. The van der Waals surface area contributed by atoms with Crippen molar-refractivity contribution < 1.29 is 18.8 Å². The fourth-order valence-corrected chi connectivity index (χ4v) is 3.70. The lowest BCUT2D eigenvalue weighted by atomic mass is 9.98. The number of carbonyl (C=O) groups excluding carboxylic acids is 1. The lowest BCUT2D eigenvalue weighted by Crippen LogP contribution is -3.06. The van der Waals surface area contributed by atoms with Crippen molar-refractivity contribution in [2.45, 2.75) is 6.04 Å². The molecule has 1 atom stereocenters. The van der Waals surface area contributed by atoms with Crippen LogP contribution in [-0.4, -0.2) is 45.1 Å². The molecule has 0 fully saturated rings. The quantitative estimate of drug-likeness (QED) is 0.730. The Morgan fingerprint density at radius 1 is 1.11 bits per heavy atom. The molecular weight excluding hydrogens is 356 g/mol. The van der Waals surface area contributed by atoms with Gasteiger partial charge in [-0.25, -0.2) is 0 Å². The maximum Gasteiger partial charge on any atom is 0.291 e. The van der Waals surface area contributed by atoms with Gasteiger partial charge in [0.1, 0.15) is 11.3 Å². The van der Waals surface area contributed by atoms with Crippen molar-refractivity contribution >= 4 is 16.9 Å². The average Bonchev–Trinajstić information content (AvgIpc) is 2.99. The Hall–Kier alpha value is -3.12. The molecular formula is C22H23N2O4+. The molecule has 1 amide bonds. The molecule has 144 valence electrons. The molecule has 0 saturated carbocycles. The molecule has 6 heteroatoms. The highest BCUT2D eigenvalue weighted by Crippen LogP contribution is 2.38. The van der Waals surface area contributed by atoms with Crippen molar-refractivity contribution in [1.82, 2.24) is 4.90 Å². The third-order valence-electron chi connectivity index (χ3n) is 5.14. The summed E-state index contributed by atoms with van der Waals surface area (Å²) in [4.78, 5) is 29.5. The number of carbonyl (C=O) groups is 1. The Morgan fingerprint density at radius 3 is 2.64 bits per heavy atom. The monoisotopic (exact) mass is 379 g/mol. The Balaban J connectivity index is 1.93. The molecule has 4 rings (SSSR count). The van der Waals surface area contributed by atoms with E-state index in [0.29, 0.717) is 28.8 Å². The highest BCUT2D eigenvalue weighted by molar-refractivity contribution is 5.99. The summed E-state index contributed by atoms with van der Waals surface area (Å²) in [7, 11) is 5.67. The predicted octanol–water partition coefficient (Wildman–Crippen LogP) is 1.49. The summed E-state index contributed by atoms with van der Waals surface area (Å²) in [5.74, 6) is 0.582. The number of para-hydroxylation sites is 1. The van der Waals surface area contributed by atoms with E-state index in [9.17, 15) is 9.59 Å². The third-order valence-corrected chi connectivity index (χ3v) is 5.14. The van der Waals surface area contributed by atoms with E-state index < -0.39 is 6.04 Å². The van der Waals surface area contributed by atoms with Gasteiger partial charge in [-0.05, 0) is 29.8 Å². The van der Waals surface area contributed by atoms with Crippen LogP contribution in [0.3, 0.4) is 0 Å². The minimum atomic E-state index is -0.488. The van der Waals surface area contributed by atoms with E-state index in [2.05, 4.69) is 0 Å². The molecule has 2 aromatic carbocycles. The fraction of sp³-hybridized carbons (Fsp3) is 0.273. The summed E-state index contributed by atoms with van der Waals surface area (Å²) >= 11 is 0. The minimum absolute atomic E-state index is 0.144. The number of hydrogen-bond acceptors (Lipinski definition) is 4. The van der Waals surface area contributed by atoms with Crippen LogP contribution in [0, 0.1) is 0 Å². The van der Waals surface area contributed by atoms with Crippen LogP contribution in [-0.2, 0) is 0 Å². The lowest BCUT2D eigenvalue weighted by molar-refractivity contribution is -0.857. The van der Waals surface area contributed by atoms with Crippen LogP contribution >= 0.6 is 0 Å². The number of benzene rings is 2. The number of quaternary nitrogens is 1. The molecule has 28 heavy (non-hydrogen) atoms. The van der Waals surface area contributed by atoms with Gasteiger partial charge in [-0.15, -0.1) is 0 Å². The van der Waals surface area contributed by atoms with Crippen molar-refractivity contribution in [3.05, 3.63) is 75.6 Å². The zero-order valence-corrected chi connectivity index (χ0v) is 16.2. The second-order valence-electron chi connectivity index (χ2n) is 7.30. The first kappa shape index (κ1) is 18.3. The number of amides is 1. The molecule has 0 aliphatic carbocycles. The Kier molecular flexibility index (Phi) is 4.65. The van der Waals surface area contributed by atoms with Crippen molar-refractivity contribution in [1.29, 1.82) is 0 Å². The number of hydrogen-bond donors (Lipinski definition) is 1. The molecule has 2 heterocycles. The zero-order chi connectivity index (χ0) is 19.8. The molecule has 0 saturated heterocycles. The molecule has 1 aliphatic rings. The SMILES string of the molecule is COc1cccc([C@@H]2c3c(oc4ccccc4c3=O)C(=O)N2CC[NH+](C)C)c1. The summed E-state index contributed by atoms with van der Waals surface area (Å²) in [6.07, 6.45) is 0. The molecule has 3 aromatic rings. The van der Waals surface area contributed by atoms with Gasteiger partial charge in [0.05, 0.1) is 51.3 Å². The van der Waals surface area contributed by atoms with Gasteiger partial charge in [0.15, 0.2) is 5.43 Å². The van der Waals surface area contributed by atoms with Crippen LogP contribution in [0.2, 0.25) is 0 Å². The normalized spacial score (nSPS) is 16.1. The van der Waals surface area contributed by atoms with Gasteiger partial charge in [-0.1, -0.05) is 24.3 Å². The van der Waals surface area contributed by atoms with E-state index in [4.69, 9.17) is 9.15 Å². The van der Waals surface area contributed by atoms with Crippen molar-refractivity contribution in [3.63, 3.8) is 0 Å². The number of ether oxygens (including phenoxy) is 1. The molecule has 6 nitrogen and oxygen atoms in total. The highest BCUT2D eigenvalue weighted by Gasteiger charge is 2.42. The average molecular weight is 379 g/mol.